The molecule has 0 rings (SSSR count). The number of ether oxygens (including phenoxy) is 1. The molecule has 63 heavy (non-hydrogen) atoms. The average molecular weight is 886 g/mol. The second kappa shape index (κ2) is 51.1. The Morgan fingerprint density at radius 2 is 0.810 bits per heavy atom. The van der Waals surface area contributed by atoms with Crippen LogP contribution in [0.1, 0.15) is 290 Å². The minimum absolute atomic E-state index is 0.0765. The van der Waals surface area contributed by atoms with Gasteiger partial charge in [0.2, 0.25) is 5.91 Å². The molecule has 0 heterocycles. The minimum Gasteiger partial charge on any atom is -0.462 e. The van der Waals surface area contributed by atoms with Crippen molar-refractivity contribution >= 4 is 11.9 Å². The zero-order chi connectivity index (χ0) is 45.9. The van der Waals surface area contributed by atoms with Crippen LogP contribution in [0.3, 0.4) is 0 Å². The number of unbranched alkanes of at least 4 members (excludes halogenated alkanes) is 32. The summed E-state index contributed by atoms with van der Waals surface area (Å²) >= 11 is 0. The lowest BCUT2D eigenvalue weighted by atomic mass is 10.0. The molecule has 0 fully saturated rings. The second-order valence-corrected chi connectivity index (χ2v) is 19.0. The summed E-state index contributed by atoms with van der Waals surface area (Å²) in [6.07, 6.45) is 60.6. The van der Waals surface area contributed by atoms with Gasteiger partial charge in [0.05, 0.1) is 25.2 Å². The first-order chi connectivity index (χ1) is 31.0. The summed E-state index contributed by atoms with van der Waals surface area (Å²) in [5.41, 5.74) is 0. The largest absolute Gasteiger partial charge is 0.462 e. The van der Waals surface area contributed by atoms with Gasteiger partial charge in [-0.2, -0.15) is 0 Å². The molecule has 0 saturated carbocycles. The van der Waals surface area contributed by atoms with Crippen LogP contribution >= 0.6 is 0 Å². The molecule has 6 heteroatoms. The maximum absolute atomic E-state index is 13.2. The Kier molecular flexibility index (Phi) is 49.5. The number of aliphatic hydroxyl groups is 2. The van der Waals surface area contributed by atoms with Gasteiger partial charge in [-0.15, -0.1) is 0 Å². The number of nitrogens with one attached hydrogen (secondary N) is 1. The second-order valence-electron chi connectivity index (χ2n) is 19.0. The van der Waals surface area contributed by atoms with Crippen molar-refractivity contribution in [1.82, 2.24) is 5.32 Å². The summed E-state index contributed by atoms with van der Waals surface area (Å²) in [5.74, 6) is -0.474. The number of esters is 1. The lowest BCUT2D eigenvalue weighted by Crippen LogP contribution is -2.46. The lowest BCUT2D eigenvalue weighted by molar-refractivity contribution is -0.151. The maximum atomic E-state index is 13.2. The van der Waals surface area contributed by atoms with Crippen LogP contribution < -0.4 is 5.32 Å². The van der Waals surface area contributed by atoms with Crippen LogP contribution in [0.5, 0.6) is 0 Å². The van der Waals surface area contributed by atoms with Gasteiger partial charge in [-0.25, -0.2) is 0 Å². The fraction of sp³-hybridized carbons (Fsp3) is 0.860. The monoisotopic (exact) mass is 886 g/mol. The Morgan fingerprint density at radius 3 is 1.25 bits per heavy atom. The first kappa shape index (κ1) is 61.1. The van der Waals surface area contributed by atoms with E-state index in [1.54, 1.807) is 0 Å². The molecule has 3 unspecified atom stereocenters. The van der Waals surface area contributed by atoms with Crippen molar-refractivity contribution in [2.24, 2.45) is 0 Å². The highest BCUT2D eigenvalue weighted by Crippen LogP contribution is 2.18. The fourth-order valence-corrected chi connectivity index (χ4v) is 8.50. The van der Waals surface area contributed by atoms with Crippen LogP contribution in [-0.2, 0) is 14.3 Å². The molecule has 0 aromatic rings. The van der Waals surface area contributed by atoms with Crippen molar-refractivity contribution in [1.29, 1.82) is 0 Å². The van der Waals surface area contributed by atoms with Crippen LogP contribution in [0.25, 0.3) is 0 Å². The molecule has 3 atom stereocenters. The third-order valence-electron chi connectivity index (χ3n) is 12.7. The molecule has 0 aliphatic rings. The SMILES string of the molecule is CCCCC/C=C\C/C=C\C/C=C\CCCCCCCCC(=O)OC(CCCCCCCCCCCCCCCC)CC(=O)NC(CO)C(O)CCCCCCCCCCCCC. The van der Waals surface area contributed by atoms with E-state index in [9.17, 15) is 19.8 Å². The maximum Gasteiger partial charge on any atom is 0.306 e. The van der Waals surface area contributed by atoms with E-state index in [1.165, 1.54) is 180 Å². The van der Waals surface area contributed by atoms with Gasteiger partial charge in [0.1, 0.15) is 6.10 Å². The van der Waals surface area contributed by atoms with Crippen molar-refractivity contribution in [2.75, 3.05) is 6.61 Å². The van der Waals surface area contributed by atoms with Crippen LogP contribution in [0, 0.1) is 0 Å². The Hall–Kier alpha value is -1.92. The number of aliphatic hydroxyl groups excluding tert-OH is 2. The molecule has 6 nitrogen and oxygen atoms in total. The highest BCUT2D eigenvalue weighted by atomic mass is 16.5. The van der Waals surface area contributed by atoms with E-state index in [2.05, 4.69) is 62.5 Å². The van der Waals surface area contributed by atoms with Crippen molar-refractivity contribution in [3.8, 4) is 0 Å². The molecular formula is C57H107NO5. The number of amides is 1. The molecule has 370 valence electrons. The van der Waals surface area contributed by atoms with Gasteiger partial charge >= 0.3 is 5.97 Å². The Labute approximate surface area is 392 Å². The Bertz CT molecular complexity index is 1040. The standard InChI is InChI=1S/C57H107NO5/c1-4-7-10-13-16-19-22-24-26-27-28-29-30-32-35-38-41-44-47-50-57(62)63-53(48-45-42-39-36-34-31-25-23-20-17-14-11-8-5-2)51-56(61)58-54(52-59)55(60)49-46-43-40-37-33-21-18-15-12-9-6-3/h16,19,24,26,28-29,53-55,59-60H,4-15,17-18,20-23,25,27,30-52H2,1-3H3,(H,58,61)/b19-16-,26-24-,29-28-. The quantitative estimate of drug-likeness (QED) is 0.0321. The molecule has 0 aliphatic heterocycles. The number of hydrogen-bond donors (Lipinski definition) is 3. The minimum atomic E-state index is -0.786. The van der Waals surface area contributed by atoms with Crippen molar-refractivity contribution in [3.63, 3.8) is 0 Å². The third-order valence-corrected chi connectivity index (χ3v) is 12.7. The summed E-state index contributed by atoms with van der Waals surface area (Å²) in [4.78, 5) is 26.2. The smallest absolute Gasteiger partial charge is 0.306 e. The number of allylic oxidation sites excluding steroid dienone is 6. The highest BCUT2D eigenvalue weighted by Gasteiger charge is 2.24. The van der Waals surface area contributed by atoms with Crippen LogP contribution in [0.4, 0.5) is 0 Å². The molecule has 0 radical (unpaired) electrons. The van der Waals surface area contributed by atoms with Gasteiger partial charge in [-0.3, -0.25) is 9.59 Å². The molecule has 0 aliphatic carbocycles. The fourth-order valence-electron chi connectivity index (χ4n) is 8.50. The first-order valence-electron chi connectivity index (χ1n) is 27.7. The van der Waals surface area contributed by atoms with Crippen molar-refractivity contribution < 1.29 is 24.5 Å². The zero-order valence-corrected chi connectivity index (χ0v) is 42.2. The summed E-state index contributed by atoms with van der Waals surface area (Å²) < 4.78 is 5.95. The van der Waals surface area contributed by atoms with E-state index in [0.29, 0.717) is 19.3 Å². The topological polar surface area (TPSA) is 95.9 Å². The third kappa shape index (κ3) is 46.4. The van der Waals surface area contributed by atoms with Gasteiger partial charge < -0.3 is 20.3 Å². The first-order valence-corrected chi connectivity index (χ1v) is 27.7. The molecule has 3 N–H and O–H groups in total. The van der Waals surface area contributed by atoms with E-state index in [0.717, 1.165) is 64.2 Å². The number of carbonyl (C=O) groups is 2. The predicted octanol–water partition coefficient (Wildman–Crippen LogP) is 16.8. The van der Waals surface area contributed by atoms with Crippen LogP contribution in [-0.4, -0.2) is 46.9 Å². The van der Waals surface area contributed by atoms with Crippen molar-refractivity contribution in [2.45, 2.75) is 309 Å². The average Bonchev–Trinajstić information content (AvgIpc) is 3.28. The Balaban J connectivity index is 4.54. The summed E-state index contributed by atoms with van der Waals surface area (Å²) in [6, 6.07) is -0.700. The van der Waals surface area contributed by atoms with E-state index in [4.69, 9.17) is 4.74 Å². The molecule has 0 saturated heterocycles. The van der Waals surface area contributed by atoms with Crippen molar-refractivity contribution in [3.05, 3.63) is 36.5 Å². The van der Waals surface area contributed by atoms with Gasteiger partial charge in [0.25, 0.3) is 0 Å². The van der Waals surface area contributed by atoms with E-state index in [1.807, 2.05) is 0 Å². The predicted molar refractivity (Wildman–Crippen MR) is 273 cm³/mol. The lowest BCUT2D eigenvalue weighted by Gasteiger charge is -2.24. The molecule has 0 aromatic heterocycles. The van der Waals surface area contributed by atoms with E-state index < -0.39 is 18.2 Å². The van der Waals surface area contributed by atoms with Crippen LogP contribution in [0.15, 0.2) is 36.5 Å². The molecule has 0 bridgehead atoms. The van der Waals surface area contributed by atoms with Gasteiger partial charge in [0.15, 0.2) is 0 Å². The molecule has 0 spiro atoms. The Morgan fingerprint density at radius 1 is 0.460 bits per heavy atom. The number of rotatable bonds is 50. The van der Waals surface area contributed by atoms with Gasteiger partial charge in [-0.05, 0) is 64.2 Å². The van der Waals surface area contributed by atoms with Gasteiger partial charge in [-0.1, -0.05) is 250 Å². The molecular weight excluding hydrogens is 779 g/mol. The van der Waals surface area contributed by atoms with E-state index >= 15 is 0 Å². The summed E-state index contributed by atoms with van der Waals surface area (Å²) in [5, 5.41) is 23.8. The zero-order valence-electron chi connectivity index (χ0n) is 42.2. The highest BCUT2D eigenvalue weighted by molar-refractivity contribution is 5.77. The van der Waals surface area contributed by atoms with E-state index in [-0.39, 0.29) is 24.9 Å². The summed E-state index contributed by atoms with van der Waals surface area (Å²) in [6.45, 7) is 6.47. The molecule has 1 amide bonds. The number of hydrogen-bond acceptors (Lipinski definition) is 5. The summed E-state index contributed by atoms with van der Waals surface area (Å²) in [7, 11) is 0. The number of carbonyl (C=O) groups excluding carboxylic acids is 2. The molecule has 0 aromatic carbocycles. The van der Waals surface area contributed by atoms with Crippen LogP contribution in [0.2, 0.25) is 0 Å². The van der Waals surface area contributed by atoms with Gasteiger partial charge in [0, 0.05) is 6.42 Å². The normalized spacial score (nSPS) is 13.4.